The van der Waals surface area contributed by atoms with Crippen molar-refractivity contribution in [1.29, 1.82) is 0 Å². The molecule has 2 heteroatoms. The Morgan fingerprint density at radius 2 is 0.920 bits per heavy atom. The average Bonchev–Trinajstić information content (AvgIpc) is 2.65. The molecule has 0 heterocycles. The topological polar surface area (TPSA) is 3.24 Å². The van der Waals surface area contributed by atoms with E-state index in [1.54, 1.807) is 0 Å². The Morgan fingerprint density at radius 3 is 1.12 bits per heavy atom. The standard InChI is InChI=1S/C18H15Si.C5H13N/c1-4-10-16(11-5-1)19(17-12-6-2-7-13-17)18-14-8-3-9-15-18;1-4-5-6(2)3/h1-15H;4-5H2,1-3H3. The van der Waals surface area contributed by atoms with Crippen molar-refractivity contribution in [3.8, 4) is 0 Å². The van der Waals surface area contributed by atoms with Gasteiger partial charge in [-0.25, -0.2) is 0 Å². The summed E-state index contributed by atoms with van der Waals surface area (Å²) in [7, 11) is 3.30. The van der Waals surface area contributed by atoms with Crippen molar-refractivity contribution in [3.63, 3.8) is 0 Å². The summed E-state index contributed by atoms with van der Waals surface area (Å²) >= 11 is 0. The minimum atomic E-state index is -0.877. The van der Waals surface area contributed by atoms with Crippen molar-refractivity contribution in [1.82, 2.24) is 4.90 Å². The fraction of sp³-hybridized carbons (Fsp3) is 0.217. The highest BCUT2D eigenvalue weighted by Crippen LogP contribution is 1.95. The first kappa shape index (κ1) is 19.2. The first-order valence-electron chi connectivity index (χ1n) is 8.90. The normalized spacial score (nSPS) is 10.4. The molecule has 0 aliphatic carbocycles. The minimum Gasteiger partial charge on any atom is -0.309 e. The lowest BCUT2D eigenvalue weighted by atomic mass is 10.3. The summed E-state index contributed by atoms with van der Waals surface area (Å²) in [6.45, 7) is 3.39. The third-order valence-electron chi connectivity index (χ3n) is 3.86. The van der Waals surface area contributed by atoms with Gasteiger partial charge in [0.25, 0.3) is 0 Å². The van der Waals surface area contributed by atoms with Gasteiger partial charge in [-0.15, -0.1) is 0 Å². The molecular formula is C23H28NSi. The van der Waals surface area contributed by atoms with Gasteiger partial charge in [-0.1, -0.05) is 113 Å². The van der Waals surface area contributed by atoms with E-state index < -0.39 is 8.80 Å². The molecule has 1 nitrogen and oxygen atoms in total. The van der Waals surface area contributed by atoms with E-state index in [0.717, 1.165) is 0 Å². The van der Waals surface area contributed by atoms with Crippen LogP contribution in [0.4, 0.5) is 0 Å². The van der Waals surface area contributed by atoms with Crippen LogP contribution in [0.25, 0.3) is 0 Å². The summed E-state index contributed by atoms with van der Waals surface area (Å²) < 4.78 is 0. The Bertz CT molecular complexity index is 602. The largest absolute Gasteiger partial charge is 0.309 e. The van der Waals surface area contributed by atoms with Gasteiger partial charge in [-0.3, -0.25) is 0 Å². The quantitative estimate of drug-likeness (QED) is 0.507. The Kier molecular flexibility index (Phi) is 8.16. The molecule has 25 heavy (non-hydrogen) atoms. The zero-order valence-corrected chi connectivity index (χ0v) is 16.5. The average molecular weight is 347 g/mol. The van der Waals surface area contributed by atoms with E-state index in [9.17, 15) is 0 Å². The van der Waals surface area contributed by atoms with E-state index in [0.29, 0.717) is 0 Å². The second-order valence-corrected chi connectivity index (χ2v) is 8.76. The lowest BCUT2D eigenvalue weighted by Crippen LogP contribution is -2.51. The van der Waals surface area contributed by atoms with Crippen LogP contribution in [0.2, 0.25) is 0 Å². The SMILES string of the molecule is CCCN(C)C.c1ccc([Si](c2ccccc2)c2ccccc2)cc1. The fourth-order valence-corrected chi connectivity index (χ4v) is 5.34. The highest BCUT2D eigenvalue weighted by molar-refractivity contribution is 6.95. The third-order valence-corrected chi connectivity index (χ3v) is 6.59. The van der Waals surface area contributed by atoms with Crippen molar-refractivity contribution in [2.45, 2.75) is 13.3 Å². The molecule has 0 atom stereocenters. The molecule has 3 aromatic carbocycles. The van der Waals surface area contributed by atoms with Crippen LogP contribution in [-0.2, 0) is 0 Å². The van der Waals surface area contributed by atoms with Gasteiger partial charge < -0.3 is 4.90 Å². The Labute approximate surface area is 154 Å². The molecule has 0 bridgehead atoms. The molecule has 0 amide bonds. The van der Waals surface area contributed by atoms with Gasteiger partial charge in [0.15, 0.2) is 8.80 Å². The van der Waals surface area contributed by atoms with Gasteiger partial charge in [-0.05, 0) is 27.1 Å². The van der Waals surface area contributed by atoms with Crippen molar-refractivity contribution >= 4 is 24.4 Å². The summed E-state index contributed by atoms with van der Waals surface area (Å²) in [5.41, 5.74) is 0. The van der Waals surface area contributed by atoms with E-state index in [2.05, 4.69) is 117 Å². The molecular weight excluding hydrogens is 318 g/mol. The molecule has 3 aromatic rings. The molecule has 0 aromatic heterocycles. The van der Waals surface area contributed by atoms with Crippen molar-refractivity contribution in [3.05, 3.63) is 91.0 Å². The van der Waals surface area contributed by atoms with Gasteiger partial charge in [0.05, 0.1) is 0 Å². The first-order valence-corrected chi connectivity index (χ1v) is 10.4. The summed E-state index contributed by atoms with van der Waals surface area (Å²) in [6, 6.07) is 32.5. The second kappa shape index (κ2) is 10.6. The molecule has 0 N–H and O–H groups in total. The van der Waals surface area contributed by atoms with E-state index in [1.165, 1.54) is 28.5 Å². The van der Waals surface area contributed by atoms with E-state index >= 15 is 0 Å². The summed E-state index contributed by atoms with van der Waals surface area (Å²) in [4.78, 5) is 2.18. The maximum atomic E-state index is 2.24. The first-order chi connectivity index (χ1) is 12.2. The van der Waals surface area contributed by atoms with Crippen LogP contribution >= 0.6 is 0 Å². The van der Waals surface area contributed by atoms with Crippen LogP contribution in [0.15, 0.2) is 91.0 Å². The maximum Gasteiger partial charge on any atom is 0.154 e. The summed E-state index contributed by atoms with van der Waals surface area (Å²) in [5, 5.41) is 4.31. The van der Waals surface area contributed by atoms with Gasteiger partial charge in [0, 0.05) is 0 Å². The maximum absolute atomic E-state index is 2.24. The van der Waals surface area contributed by atoms with E-state index in [1.807, 2.05) is 0 Å². The Balaban J connectivity index is 0.000000326. The number of hydrogen-bond acceptors (Lipinski definition) is 1. The van der Waals surface area contributed by atoms with Crippen LogP contribution in [0.5, 0.6) is 0 Å². The monoisotopic (exact) mass is 346 g/mol. The third kappa shape index (κ3) is 6.33. The number of rotatable bonds is 5. The number of nitrogens with zero attached hydrogens (tertiary/aromatic N) is 1. The van der Waals surface area contributed by atoms with E-state index in [-0.39, 0.29) is 0 Å². The van der Waals surface area contributed by atoms with Crippen LogP contribution in [-0.4, -0.2) is 34.3 Å². The van der Waals surface area contributed by atoms with Crippen LogP contribution in [0.3, 0.4) is 0 Å². The lowest BCUT2D eigenvalue weighted by Gasteiger charge is -2.16. The lowest BCUT2D eigenvalue weighted by molar-refractivity contribution is 0.408. The van der Waals surface area contributed by atoms with Gasteiger partial charge in [-0.2, -0.15) is 0 Å². The van der Waals surface area contributed by atoms with E-state index in [4.69, 9.17) is 0 Å². The highest BCUT2D eigenvalue weighted by atomic mass is 28.3. The highest BCUT2D eigenvalue weighted by Gasteiger charge is 2.18. The molecule has 1 radical (unpaired) electrons. The molecule has 3 rings (SSSR count). The van der Waals surface area contributed by atoms with Crippen molar-refractivity contribution in [2.24, 2.45) is 0 Å². The van der Waals surface area contributed by atoms with Crippen LogP contribution in [0.1, 0.15) is 13.3 Å². The van der Waals surface area contributed by atoms with Crippen molar-refractivity contribution < 1.29 is 0 Å². The Morgan fingerprint density at radius 1 is 0.600 bits per heavy atom. The van der Waals surface area contributed by atoms with Crippen LogP contribution in [0, 0.1) is 0 Å². The predicted octanol–water partition coefficient (Wildman–Crippen LogP) is 3.16. The molecule has 0 unspecified atom stereocenters. The zero-order valence-electron chi connectivity index (χ0n) is 15.5. The summed E-state index contributed by atoms with van der Waals surface area (Å²) in [5.74, 6) is 0. The zero-order chi connectivity index (χ0) is 17.9. The van der Waals surface area contributed by atoms with Gasteiger partial charge in [0.1, 0.15) is 0 Å². The number of hydrogen-bond donors (Lipinski definition) is 0. The molecule has 129 valence electrons. The molecule has 0 aliphatic rings. The summed E-state index contributed by atoms with van der Waals surface area (Å²) in [6.07, 6.45) is 1.26. The number of benzene rings is 3. The second-order valence-electron chi connectivity index (χ2n) is 6.28. The minimum absolute atomic E-state index is 0.877. The van der Waals surface area contributed by atoms with Gasteiger partial charge >= 0.3 is 0 Å². The molecule has 0 aliphatic heterocycles. The fourth-order valence-electron chi connectivity index (χ4n) is 2.76. The van der Waals surface area contributed by atoms with Crippen molar-refractivity contribution in [2.75, 3.05) is 20.6 Å². The Hall–Kier alpha value is -2.16. The van der Waals surface area contributed by atoms with Crippen LogP contribution < -0.4 is 15.6 Å². The van der Waals surface area contributed by atoms with Gasteiger partial charge in [0.2, 0.25) is 0 Å². The molecule has 0 fully saturated rings. The molecule has 0 spiro atoms. The predicted molar refractivity (Wildman–Crippen MR) is 113 cm³/mol. The molecule has 0 saturated heterocycles. The molecule has 0 saturated carbocycles. The smallest absolute Gasteiger partial charge is 0.154 e.